The molecule has 0 bridgehead atoms. The normalized spacial score (nSPS) is 17.5. The Balaban J connectivity index is 1.87. The number of nitrogens with one attached hydrogen (secondary N) is 1. The highest BCUT2D eigenvalue weighted by Crippen LogP contribution is 2.14. The number of rotatable bonds is 5. The first-order chi connectivity index (χ1) is 9.05. The molecule has 1 fully saturated rings. The molecule has 1 heterocycles. The molecule has 1 aliphatic rings. The lowest BCUT2D eigenvalue weighted by Crippen LogP contribution is -2.32. The van der Waals surface area contributed by atoms with Gasteiger partial charge in [-0.25, -0.2) is 13.1 Å². The summed E-state index contributed by atoms with van der Waals surface area (Å²) >= 11 is 0. The first-order valence-corrected chi connectivity index (χ1v) is 8.31. The fraction of sp³-hybridized carbons (Fsp3) is 0.571. The third-order valence-corrected chi connectivity index (χ3v) is 4.69. The highest BCUT2D eigenvalue weighted by molar-refractivity contribution is 7.88. The van der Waals surface area contributed by atoms with Crippen molar-refractivity contribution in [3.05, 3.63) is 35.4 Å². The van der Waals surface area contributed by atoms with Crippen LogP contribution in [0.3, 0.4) is 0 Å². The van der Waals surface area contributed by atoms with Crippen molar-refractivity contribution in [2.45, 2.75) is 25.5 Å². The largest absolute Gasteiger partial charge is 0.381 e. The third kappa shape index (κ3) is 4.93. The maximum absolute atomic E-state index is 12.0. The van der Waals surface area contributed by atoms with Gasteiger partial charge in [0.1, 0.15) is 0 Å². The van der Waals surface area contributed by atoms with Gasteiger partial charge in [0.15, 0.2) is 0 Å². The van der Waals surface area contributed by atoms with E-state index in [0.29, 0.717) is 12.5 Å². The molecule has 0 aliphatic carbocycles. The molecule has 2 rings (SSSR count). The number of sulfonamides is 1. The van der Waals surface area contributed by atoms with Crippen LogP contribution in [-0.4, -0.2) is 28.2 Å². The maximum atomic E-state index is 12.0. The van der Waals surface area contributed by atoms with Gasteiger partial charge in [0.25, 0.3) is 0 Å². The summed E-state index contributed by atoms with van der Waals surface area (Å²) in [6.07, 6.45) is 1.87. The molecule has 0 unspecified atom stereocenters. The predicted octanol–water partition coefficient (Wildman–Crippen LogP) is 1.84. The van der Waals surface area contributed by atoms with Crippen molar-refractivity contribution in [1.29, 1.82) is 0 Å². The zero-order valence-corrected chi connectivity index (χ0v) is 12.1. The van der Waals surface area contributed by atoms with Gasteiger partial charge >= 0.3 is 0 Å². The van der Waals surface area contributed by atoms with E-state index in [9.17, 15) is 8.42 Å². The van der Waals surface area contributed by atoms with Crippen LogP contribution < -0.4 is 4.72 Å². The zero-order chi connectivity index (χ0) is 13.7. The minimum absolute atomic E-state index is 0.0535. The van der Waals surface area contributed by atoms with E-state index >= 15 is 0 Å². The Bertz CT molecular complexity index is 507. The molecule has 1 aromatic carbocycles. The summed E-state index contributed by atoms with van der Waals surface area (Å²) in [5.41, 5.74) is 1.91. The molecule has 4 nitrogen and oxygen atoms in total. The Kier molecular flexibility index (Phi) is 4.96. The molecule has 0 spiro atoms. The van der Waals surface area contributed by atoms with Crippen molar-refractivity contribution in [3.8, 4) is 0 Å². The lowest BCUT2D eigenvalue weighted by molar-refractivity contribution is 0.0678. The molecule has 0 aromatic heterocycles. The SMILES string of the molecule is Cc1cccc(CS(=O)(=O)NCC2CCOCC2)c1. The summed E-state index contributed by atoms with van der Waals surface area (Å²) in [6.45, 7) is 3.97. The summed E-state index contributed by atoms with van der Waals surface area (Å²) in [5.74, 6) is 0.457. The lowest BCUT2D eigenvalue weighted by atomic mass is 10.0. The Hall–Kier alpha value is -0.910. The van der Waals surface area contributed by atoms with Gasteiger partial charge in [-0.2, -0.15) is 0 Å². The van der Waals surface area contributed by atoms with E-state index in [0.717, 1.165) is 37.2 Å². The molecule has 1 N–H and O–H groups in total. The Morgan fingerprint density at radius 3 is 2.74 bits per heavy atom. The van der Waals surface area contributed by atoms with E-state index in [1.165, 1.54) is 0 Å². The van der Waals surface area contributed by atoms with Gasteiger partial charge in [0.05, 0.1) is 5.75 Å². The second-order valence-electron chi connectivity index (χ2n) is 5.15. The van der Waals surface area contributed by atoms with Crippen molar-refractivity contribution in [2.75, 3.05) is 19.8 Å². The van der Waals surface area contributed by atoms with E-state index in [1.54, 1.807) is 0 Å². The van der Waals surface area contributed by atoms with E-state index < -0.39 is 10.0 Å². The number of hydrogen-bond donors (Lipinski definition) is 1. The van der Waals surface area contributed by atoms with Gasteiger partial charge in [-0.05, 0) is 31.2 Å². The van der Waals surface area contributed by atoms with Crippen LogP contribution in [0, 0.1) is 12.8 Å². The minimum atomic E-state index is -3.24. The van der Waals surface area contributed by atoms with Crippen molar-refractivity contribution in [3.63, 3.8) is 0 Å². The molecule has 0 radical (unpaired) electrons. The van der Waals surface area contributed by atoms with Crippen LogP contribution in [0.15, 0.2) is 24.3 Å². The molecule has 0 amide bonds. The standard InChI is InChI=1S/C14H21NO3S/c1-12-3-2-4-14(9-12)11-19(16,17)15-10-13-5-7-18-8-6-13/h2-4,9,13,15H,5-8,10-11H2,1H3. The first-order valence-electron chi connectivity index (χ1n) is 6.66. The minimum Gasteiger partial charge on any atom is -0.381 e. The van der Waals surface area contributed by atoms with Crippen molar-refractivity contribution in [2.24, 2.45) is 5.92 Å². The van der Waals surface area contributed by atoms with Gasteiger partial charge in [-0.15, -0.1) is 0 Å². The van der Waals surface area contributed by atoms with E-state index in [-0.39, 0.29) is 5.75 Å². The number of aryl methyl sites for hydroxylation is 1. The van der Waals surface area contributed by atoms with Crippen LogP contribution in [0.1, 0.15) is 24.0 Å². The third-order valence-electron chi connectivity index (χ3n) is 3.37. The van der Waals surface area contributed by atoms with Crippen LogP contribution in [0.25, 0.3) is 0 Å². The van der Waals surface area contributed by atoms with E-state index in [4.69, 9.17) is 4.74 Å². The van der Waals surface area contributed by atoms with Crippen LogP contribution in [0.2, 0.25) is 0 Å². The Labute approximate surface area is 115 Å². The summed E-state index contributed by atoms with van der Waals surface area (Å²) in [4.78, 5) is 0. The summed E-state index contributed by atoms with van der Waals surface area (Å²) in [5, 5.41) is 0. The first kappa shape index (κ1) is 14.5. The second kappa shape index (κ2) is 6.50. The summed E-state index contributed by atoms with van der Waals surface area (Å²) in [7, 11) is -3.24. The topological polar surface area (TPSA) is 55.4 Å². The van der Waals surface area contributed by atoms with Gasteiger partial charge < -0.3 is 4.74 Å². The summed E-state index contributed by atoms with van der Waals surface area (Å²) < 4.78 is 32.0. The average Bonchev–Trinajstić information content (AvgIpc) is 2.37. The maximum Gasteiger partial charge on any atom is 0.215 e. The molecular formula is C14H21NO3S. The van der Waals surface area contributed by atoms with Crippen LogP contribution in [-0.2, 0) is 20.5 Å². The predicted molar refractivity (Wildman–Crippen MR) is 75.3 cm³/mol. The van der Waals surface area contributed by atoms with Crippen molar-refractivity contribution in [1.82, 2.24) is 4.72 Å². The number of benzene rings is 1. The molecule has 5 heteroatoms. The molecule has 1 aromatic rings. The smallest absolute Gasteiger partial charge is 0.215 e. The monoisotopic (exact) mass is 283 g/mol. The molecule has 1 saturated heterocycles. The van der Waals surface area contributed by atoms with Crippen LogP contribution in [0.4, 0.5) is 0 Å². The van der Waals surface area contributed by atoms with Gasteiger partial charge in [0, 0.05) is 19.8 Å². The van der Waals surface area contributed by atoms with Gasteiger partial charge in [-0.1, -0.05) is 29.8 Å². The van der Waals surface area contributed by atoms with Crippen molar-refractivity contribution >= 4 is 10.0 Å². The Morgan fingerprint density at radius 1 is 1.32 bits per heavy atom. The molecule has 0 saturated carbocycles. The zero-order valence-electron chi connectivity index (χ0n) is 11.3. The van der Waals surface area contributed by atoms with Gasteiger partial charge in [-0.3, -0.25) is 0 Å². The Morgan fingerprint density at radius 2 is 2.05 bits per heavy atom. The lowest BCUT2D eigenvalue weighted by Gasteiger charge is -2.22. The fourth-order valence-electron chi connectivity index (χ4n) is 2.27. The van der Waals surface area contributed by atoms with Crippen LogP contribution in [0.5, 0.6) is 0 Å². The molecular weight excluding hydrogens is 262 g/mol. The van der Waals surface area contributed by atoms with E-state index in [2.05, 4.69) is 4.72 Å². The quantitative estimate of drug-likeness (QED) is 0.897. The summed E-state index contributed by atoms with van der Waals surface area (Å²) in [6, 6.07) is 7.61. The van der Waals surface area contributed by atoms with Crippen molar-refractivity contribution < 1.29 is 13.2 Å². The molecule has 19 heavy (non-hydrogen) atoms. The molecule has 0 atom stereocenters. The number of ether oxygens (including phenoxy) is 1. The van der Waals surface area contributed by atoms with Crippen LogP contribution >= 0.6 is 0 Å². The highest BCUT2D eigenvalue weighted by atomic mass is 32.2. The van der Waals surface area contributed by atoms with Gasteiger partial charge in [0.2, 0.25) is 10.0 Å². The van der Waals surface area contributed by atoms with E-state index in [1.807, 2.05) is 31.2 Å². The number of hydrogen-bond acceptors (Lipinski definition) is 3. The second-order valence-corrected chi connectivity index (χ2v) is 6.96. The highest BCUT2D eigenvalue weighted by Gasteiger charge is 2.17. The fourth-order valence-corrected chi connectivity index (χ4v) is 3.48. The molecule has 106 valence electrons. The molecule has 1 aliphatic heterocycles. The average molecular weight is 283 g/mol.